The molecule has 0 amide bonds. The van der Waals surface area contributed by atoms with Crippen molar-refractivity contribution >= 4 is 17.1 Å². The van der Waals surface area contributed by atoms with E-state index in [2.05, 4.69) is 158 Å². The Bertz CT molecular complexity index is 2340. The van der Waals surface area contributed by atoms with Crippen molar-refractivity contribution in [3.63, 3.8) is 0 Å². The van der Waals surface area contributed by atoms with E-state index in [4.69, 9.17) is 0 Å². The van der Waals surface area contributed by atoms with Gasteiger partial charge in [0.15, 0.2) is 0 Å². The van der Waals surface area contributed by atoms with Crippen LogP contribution in [0.1, 0.15) is 113 Å². The first-order valence-corrected chi connectivity index (χ1v) is 21.9. The highest BCUT2D eigenvalue weighted by Crippen LogP contribution is 2.61. The van der Waals surface area contributed by atoms with Crippen molar-refractivity contribution in [1.82, 2.24) is 0 Å². The molecule has 0 heterocycles. The van der Waals surface area contributed by atoms with E-state index in [-0.39, 0.29) is 5.41 Å². The average molecular weight is 730 g/mol. The van der Waals surface area contributed by atoms with E-state index in [0.717, 1.165) is 17.8 Å². The molecule has 0 spiro atoms. The second-order valence-corrected chi connectivity index (χ2v) is 19.1. The first kappa shape index (κ1) is 34.4. The van der Waals surface area contributed by atoms with Crippen LogP contribution in [0.15, 0.2) is 140 Å². The molecular formula is C55H55N. The normalized spacial score (nSPS) is 24.5. The second-order valence-electron chi connectivity index (χ2n) is 19.1. The lowest BCUT2D eigenvalue weighted by atomic mass is 9.48. The van der Waals surface area contributed by atoms with Gasteiger partial charge in [-0.2, -0.15) is 0 Å². The van der Waals surface area contributed by atoms with Gasteiger partial charge in [-0.15, -0.1) is 0 Å². The molecule has 6 aliphatic carbocycles. The van der Waals surface area contributed by atoms with Gasteiger partial charge in [0.1, 0.15) is 0 Å². The molecule has 0 unspecified atom stereocenters. The third kappa shape index (κ3) is 5.79. The molecule has 1 heteroatoms. The minimum Gasteiger partial charge on any atom is -0.310 e. The van der Waals surface area contributed by atoms with Gasteiger partial charge in [0, 0.05) is 22.5 Å². The Morgan fingerprint density at radius 2 is 0.964 bits per heavy atom. The van der Waals surface area contributed by atoms with Crippen molar-refractivity contribution < 1.29 is 0 Å². The molecule has 0 aliphatic heterocycles. The summed E-state index contributed by atoms with van der Waals surface area (Å²) in [5.41, 5.74) is 17.8. The number of fused-ring (bicyclic) bond motifs is 3. The van der Waals surface area contributed by atoms with Crippen LogP contribution in [0.4, 0.5) is 17.1 Å². The van der Waals surface area contributed by atoms with Crippen molar-refractivity contribution in [2.75, 3.05) is 4.90 Å². The monoisotopic (exact) mass is 729 g/mol. The largest absolute Gasteiger partial charge is 0.310 e. The maximum absolute atomic E-state index is 2.53. The Morgan fingerprint density at radius 1 is 0.464 bits per heavy atom. The highest BCUT2D eigenvalue weighted by molar-refractivity contribution is 5.87. The predicted molar refractivity (Wildman–Crippen MR) is 235 cm³/mol. The molecule has 6 aromatic rings. The van der Waals surface area contributed by atoms with Gasteiger partial charge in [0.25, 0.3) is 0 Å². The van der Waals surface area contributed by atoms with Gasteiger partial charge < -0.3 is 4.90 Å². The number of anilines is 3. The van der Waals surface area contributed by atoms with E-state index in [1.807, 2.05) is 0 Å². The third-order valence-electron chi connectivity index (χ3n) is 15.2. The average Bonchev–Trinajstić information content (AvgIpc) is 3.46. The van der Waals surface area contributed by atoms with E-state index >= 15 is 0 Å². The molecule has 4 bridgehead atoms. The van der Waals surface area contributed by atoms with Gasteiger partial charge in [0.05, 0.1) is 0 Å². The van der Waals surface area contributed by atoms with Crippen LogP contribution < -0.4 is 4.90 Å². The van der Waals surface area contributed by atoms with Crippen LogP contribution >= 0.6 is 0 Å². The summed E-state index contributed by atoms with van der Waals surface area (Å²) in [4.78, 5) is 2.53. The summed E-state index contributed by atoms with van der Waals surface area (Å²) in [7, 11) is 0. The molecule has 6 aliphatic rings. The summed E-state index contributed by atoms with van der Waals surface area (Å²) in [6, 6.07) is 53.8. The fourth-order valence-electron chi connectivity index (χ4n) is 12.7. The van der Waals surface area contributed by atoms with Crippen molar-refractivity contribution in [1.29, 1.82) is 0 Å². The Labute approximate surface area is 334 Å². The van der Waals surface area contributed by atoms with Crippen LogP contribution in [-0.2, 0) is 10.8 Å². The van der Waals surface area contributed by atoms with Crippen molar-refractivity contribution in [2.45, 2.75) is 101 Å². The maximum atomic E-state index is 2.53. The Balaban J connectivity index is 0.943. The zero-order valence-corrected chi connectivity index (χ0v) is 33.3. The van der Waals surface area contributed by atoms with Crippen LogP contribution in [0, 0.1) is 17.8 Å². The van der Waals surface area contributed by atoms with E-state index in [1.54, 1.807) is 5.56 Å². The molecule has 0 radical (unpaired) electrons. The number of hydrogen-bond acceptors (Lipinski definition) is 1. The molecule has 56 heavy (non-hydrogen) atoms. The smallest absolute Gasteiger partial charge is 0.0465 e. The van der Waals surface area contributed by atoms with Crippen LogP contribution in [-0.4, -0.2) is 0 Å². The Kier molecular flexibility index (Phi) is 8.20. The van der Waals surface area contributed by atoms with Crippen LogP contribution in [0.25, 0.3) is 33.4 Å². The van der Waals surface area contributed by atoms with Crippen LogP contribution in [0.5, 0.6) is 0 Å². The molecule has 5 saturated carbocycles. The molecule has 280 valence electrons. The van der Waals surface area contributed by atoms with Gasteiger partial charge >= 0.3 is 0 Å². The van der Waals surface area contributed by atoms with Crippen LogP contribution in [0.3, 0.4) is 0 Å². The summed E-state index contributed by atoms with van der Waals surface area (Å²) in [5.74, 6) is 3.57. The quantitative estimate of drug-likeness (QED) is 0.158. The summed E-state index contributed by atoms with van der Waals surface area (Å²) in [5, 5.41) is 0. The molecular weight excluding hydrogens is 675 g/mol. The second kappa shape index (κ2) is 13.4. The van der Waals surface area contributed by atoms with E-state index < -0.39 is 0 Å². The summed E-state index contributed by atoms with van der Waals surface area (Å²) in [6.45, 7) is 4.85. The minimum absolute atomic E-state index is 0.125. The first-order valence-electron chi connectivity index (χ1n) is 21.9. The molecule has 0 N–H and O–H groups in total. The van der Waals surface area contributed by atoms with Gasteiger partial charge in [-0.25, -0.2) is 0 Å². The summed E-state index contributed by atoms with van der Waals surface area (Å²) in [6.07, 6.45) is 15.5. The predicted octanol–water partition coefficient (Wildman–Crippen LogP) is 15.3. The molecule has 6 aromatic carbocycles. The van der Waals surface area contributed by atoms with Gasteiger partial charge in [-0.3, -0.25) is 0 Å². The zero-order valence-electron chi connectivity index (χ0n) is 33.3. The topological polar surface area (TPSA) is 3.24 Å². The highest BCUT2D eigenvalue weighted by atomic mass is 15.1. The summed E-state index contributed by atoms with van der Waals surface area (Å²) < 4.78 is 0. The lowest BCUT2D eigenvalue weighted by Crippen LogP contribution is -2.48. The van der Waals surface area contributed by atoms with Crippen molar-refractivity contribution in [2.24, 2.45) is 17.8 Å². The molecule has 12 rings (SSSR count). The highest BCUT2D eigenvalue weighted by Gasteiger charge is 2.51. The summed E-state index contributed by atoms with van der Waals surface area (Å²) >= 11 is 0. The number of nitrogens with zero attached hydrogens (tertiary/aromatic N) is 1. The third-order valence-corrected chi connectivity index (χ3v) is 15.2. The van der Waals surface area contributed by atoms with E-state index in [9.17, 15) is 0 Å². The zero-order chi connectivity index (χ0) is 37.4. The van der Waals surface area contributed by atoms with Crippen LogP contribution in [0.2, 0.25) is 0 Å². The van der Waals surface area contributed by atoms with Gasteiger partial charge in [-0.05, 0) is 179 Å². The maximum Gasteiger partial charge on any atom is 0.0465 e. The Morgan fingerprint density at radius 3 is 1.59 bits per heavy atom. The van der Waals surface area contributed by atoms with E-state index in [1.165, 1.54) is 138 Å². The fourth-order valence-corrected chi connectivity index (χ4v) is 12.7. The number of rotatable bonds is 7. The standard InChI is InChI=1S/C55H55N/c1-54(2)52-32-45(44-15-13-42(14-16-44)40-9-5-3-6-10-40)19-27-50(52)51-28-26-49(33-53(51)54)56(47-22-17-43(18-23-47)41-11-7-4-8-12-41)48-24-20-46(21-25-48)55-34-37-29-38(35-55)31-39(30-37)36-55/h3,5-6,9-10,13-28,32-33,37-39,41H,4,7-8,11-12,29-31,34-36H2,1-2H3. The van der Waals surface area contributed by atoms with E-state index in [0.29, 0.717) is 11.3 Å². The Hall–Kier alpha value is -4.88. The fraction of sp³-hybridized carbons (Fsp3) is 0.345. The lowest BCUT2D eigenvalue weighted by molar-refractivity contribution is -0.00518. The van der Waals surface area contributed by atoms with Crippen molar-refractivity contribution in [3.8, 4) is 33.4 Å². The number of benzene rings is 6. The SMILES string of the molecule is CC1(C)c2cc(-c3ccc(-c4ccccc4)cc3)ccc2-c2ccc(N(c3ccc(C4CCCCC4)cc3)c3ccc(C45CC6CC(CC(C6)C4)C5)cc3)cc21. The first-order chi connectivity index (χ1) is 27.4. The lowest BCUT2D eigenvalue weighted by Gasteiger charge is -2.57. The molecule has 0 aromatic heterocycles. The molecule has 0 saturated heterocycles. The van der Waals surface area contributed by atoms with Crippen molar-refractivity contribution in [3.05, 3.63) is 162 Å². The van der Waals surface area contributed by atoms with Gasteiger partial charge in [-0.1, -0.05) is 130 Å². The number of hydrogen-bond donors (Lipinski definition) is 0. The minimum atomic E-state index is -0.125. The molecule has 1 nitrogen and oxygen atoms in total. The van der Waals surface area contributed by atoms with Gasteiger partial charge in [0.2, 0.25) is 0 Å². The molecule has 5 fully saturated rings. The molecule has 0 atom stereocenters.